The first-order valence-corrected chi connectivity index (χ1v) is 5.89. The van der Waals surface area contributed by atoms with E-state index in [1.807, 2.05) is 6.33 Å². The van der Waals surface area contributed by atoms with Gasteiger partial charge in [0.2, 0.25) is 0 Å². The van der Waals surface area contributed by atoms with Crippen molar-refractivity contribution in [1.29, 1.82) is 0 Å². The van der Waals surface area contributed by atoms with Crippen molar-refractivity contribution in [1.82, 2.24) is 19.8 Å². The van der Waals surface area contributed by atoms with Crippen molar-refractivity contribution in [2.75, 3.05) is 32.8 Å². The zero-order valence-corrected chi connectivity index (χ0v) is 9.65. The highest BCUT2D eigenvalue weighted by Gasteiger charge is 2.29. The fourth-order valence-electron chi connectivity index (χ4n) is 2.67. The van der Waals surface area contributed by atoms with E-state index in [0.29, 0.717) is 6.04 Å². The standard InChI is InChI=1S/C11H18N4O/c1-14-8-13-9-6-12-7-10(11(9)14)15-2-4-16-5-3-15/h8,10,12H,2-7H2,1H3. The van der Waals surface area contributed by atoms with Gasteiger partial charge in [-0.1, -0.05) is 0 Å². The molecule has 1 aromatic heterocycles. The number of nitrogens with one attached hydrogen (secondary N) is 1. The first-order valence-electron chi connectivity index (χ1n) is 5.89. The van der Waals surface area contributed by atoms with Gasteiger partial charge in [-0.25, -0.2) is 4.98 Å². The Morgan fingerprint density at radius 3 is 3.06 bits per heavy atom. The van der Waals surface area contributed by atoms with E-state index >= 15 is 0 Å². The SMILES string of the molecule is Cn1cnc2c1C(N1CCOCC1)CNC2. The van der Waals surface area contributed by atoms with Crippen molar-refractivity contribution in [3.8, 4) is 0 Å². The minimum absolute atomic E-state index is 0.458. The van der Waals surface area contributed by atoms with Crippen LogP contribution in [-0.4, -0.2) is 47.3 Å². The van der Waals surface area contributed by atoms with E-state index in [1.54, 1.807) is 0 Å². The highest BCUT2D eigenvalue weighted by Crippen LogP contribution is 2.26. The quantitative estimate of drug-likeness (QED) is 0.720. The second-order valence-corrected chi connectivity index (χ2v) is 4.48. The number of morpholine rings is 1. The van der Waals surface area contributed by atoms with E-state index in [4.69, 9.17) is 4.74 Å². The third-order valence-electron chi connectivity index (χ3n) is 3.49. The predicted octanol–water partition coefficient (Wildman–Crippen LogP) is -0.103. The average Bonchev–Trinajstić information content (AvgIpc) is 2.73. The van der Waals surface area contributed by atoms with Crippen LogP contribution in [0, 0.1) is 0 Å². The highest BCUT2D eigenvalue weighted by molar-refractivity contribution is 5.21. The number of aromatic nitrogens is 2. The summed E-state index contributed by atoms with van der Waals surface area (Å²) in [5.74, 6) is 0. The van der Waals surface area contributed by atoms with Gasteiger partial charge in [0.15, 0.2) is 0 Å². The third kappa shape index (κ3) is 1.65. The molecule has 1 atom stereocenters. The van der Waals surface area contributed by atoms with E-state index in [2.05, 4.69) is 26.8 Å². The number of ether oxygens (including phenoxy) is 1. The number of imidazole rings is 1. The molecule has 3 rings (SSSR count). The zero-order chi connectivity index (χ0) is 11.0. The van der Waals surface area contributed by atoms with Gasteiger partial charge in [0.05, 0.1) is 37.0 Å². The number of hydrogen-bond acceptors (Lipinski definition) is 4. The van der Waals surface area contributed by atoms with Gasteiger partial charge >= 0.3 is 0 Å². The zero-order valence-electron chi connectivity index (χ0n) is 9.65. The number of rotatable bonds is 1. The molecule has 2 aliphatic heterocycles. The largest absolute Gasteiger partial charge is 0.379 e. The molecule has 1 N–H and O–H groups in total. The maximum Gasteiger partial charge on any atom is 0.0950 e. The van der Waals surface area contributed by atoms with Crippen LogP contribution in [0.15, 0.2) is 6.33 Å². The Hall–Kier alpha value is -0.910. The summed E-state index contributed by atoms with van der Waals surface area (Å²) in [5, 5.41) is 3.44. The minimum Gasteiger partial charge on any atom is -0.379 e. The topological polar surface area (TPSA) is 42.3 Å². The van der Waals surface area contributed by atoms with Crippen LogP contribution in [0.3, 0.4) is 0 Å². The second-order valence-electron chi connectivity index (χ2n) is 4.48. The maximum absolute atomic E-state index is 5.41. The molecule has 0 aliphatic carbocycles. The molecule has 1 fully saturated rings. The normalized spacial score (nSPS) is 26.7. The fraction of sp³-hybridized carbons (Fsp3) is 0.727. The number of nitrogens with zero attached hydrogens (tertiary/aromatic N) is 3. The predicted molar refractivity (Wildman–Crippen MR) is 60.0 cm³/mol. The fourth-order valence-corrected chi connectivity index (χ4v) is 2.67. The van der Waals surface area contributed by atoms with Gasteiger partial charge in [0.1, 0.15) is 0 Å². The molecule has 0 aromatic carbocycles. The first-order chi connectivity index (χ1) is 7.86. The molecular formula is C11H18N4O. The van der Waals surface area contributed by atoms with Crippen LogP contribution in [0.4, 0.5) is 0 Å². The van der Waals surface area contributed by atoms with Gasteiger partial charge in [-0.05, 0) is 0 Å². The summed E-state index contributed by atoms with van der Waals surface area (Å²) >= 11 is 0. The molecule has 2 aliphatic rings. The maximum atomic E-state index is 5.41. The van der Waals surface area contributed by atoms with Crippen LogP contribution in [-0.2, 0) is 18.3 Å². The number of fused-ring (bicyclic) bond motifs is 1. The highest BCUT2D eigenvalue weighted by atomic mass is 16.5. The molecule has 1 saturated heterocycles. The van der Waals surface area contributed by atoms with E-state index in [1.165, 1.54) is 11.4 Å². The van der Waals surface area contributed by atoms with Gasteiger partial charge in [-0.15, -0.1) is 0 Å². The minimum atomic E-state index is 0.458. The van der Waals surface area contributed by atoms with Gasteiger partial charge in [0, 0.05) is 33.2 Å². The van der Waals surface area contributed by atoms with Gasteiger partial charge < -0.3 is 14.6 Å². The van der Waals surface area contributed by atoms with E-state index in [-0.39, 0.29) is 0 Å². The molecule has 0 spiro atoms. The molecule has 5 heteroatoms. The van der Waals surface area contributed by atoms with Crippen LogP contribution < -0.4 is 5.32 Å². The molecule has 88 valence electrons. The lowest BCUT2D eigenvalue weighted by atomic mass is 10.1. The summed E-state index contributed by atoms with van der Waals surface area (Å²) in [5.41, 5.74) is 2.57. The summed E-state index contributed by atoms with van der Waals surface area (Å²) in [6.45, 7) is 5.67. The van der Waals surface area contributed by atoms with Gasteiger partial charge in [-0.2, -0.15) is 0 Å². The van der Waals surface area contributed by atoms with Gasteiger partial charge in [-0.3, -0.25) is 4.90 Å². The molecule has 0 bridgehead atoms. The van der Waals surface area contributed by atoms with Crippen LogP contribution in [0.5, 0.6) is 0 Å². The Labute approximate surface area is 95.4 Å². The molecule has 0 amide bonds. The molecule has 3 heterocycles. The van der Waals surface area contributed by atoms with Crippen LogP contribution in [0.1, 0.15) is 17.4 Å². The summed E-state index contributed by atoms with van der Waals surface area (Å²) in [7, 11) is 2.09. The lowest BCUT2D eigenvalue weighted by Gasteiger charge is -2.37. The van der Waals surface area contributed by atoms with Crippen LogP contribution in [0.2, 0.25) is 0 Å². The Morgan fingerprint density at radius 2 is 2.25 bits per heavy atom. The van der Waals surface area contributed by atoms with Crippen molar-refractivity contribution in [3.05, 3.63) is 17.7 Å². The second kappa shape index (κ2) is 4.16. The summed E-state index contributed by atoms with van der Waals surface area (Å²) in [6.07, 6.45) is 1.92. The number of aryl methyl sites for hydroxylation is 1. The molecular weight excluding hydrogens is 204 g/mol. The first kappa shape index (κ1) is 10.3. The lowest BCUT2D eigenvalue weighted by Crippen LogP contribution is -2.45. The van der Waals surface area contributed by atoms with E-state index < -0.39 is 0 Å². The smallest absolute Gasteiger partial charge is 0.0950 e. The Morgan fingerprint density at radius 1 is 1.44 bits per heavy atom. The molecule has 0 saturated carbocycles. The summed E-state index contributed by atoms with van der Waals surface area (Å²) < 4.78 is 7.57. The van der Waals surface area contributed by atoms with E-state index in [9.17, 15) is 0 Å². The monoisotopic (exact) mass is 222 g/mol. The molecule has 1 aromatic rings. The van der Waals surface area contributed by atoms with Crippen LogP contribution >= 0.6 is 0 Å². The number of hydrogen-bond donors (Lipinski definition) is 1. The molecule has 1 unspecified atom stereocenters. The van der Waals surface area contributed by atoms with Crippen molar-refractivity contribution in [3.63, 3.8) is 0 Å². The van der Waals surface area contributed by atoms with Crippen molar-refractivity contribution in [2.45, 2.75) is 12.6 Å². The molecule has 5 nitrogen and oxygen atoms in total. The molecule has 0 radical (unpaired) electrons. The van der Waals surface area contributed by atoms with Gasteiger partial charge in [0.25, 0.3) is 0 Å². The lowest BCUT2D eigenvalue weighted by molar-refractivity contribution is 0.0130. The van der Waals surface area contributed by atoms with E-state index in [0.717, 1.165) is 39.4 Å². The van der Waals surface area contributed by atoms with Crippen molar-refractivity contribution < 1.29 is 4.74 Å². The Kier molecular flexibility index (Phi) is 2.67. The van der Waals surface area contributed by atoms with Crippen molar-refractivity contribution in [2.24, 2.45) is 7.05 Å². The summed E-state index contributed by atoms with van der Waals surface area (Å²) in [6, 6.07) is 0.458. The third-order valence-corrected chi connectivity index (χ3v) is 3.49. The summed E-state index contributed by atoms with van der Waals surface area (Å²) in [4.78, 5) is 6.94. The Balaban J connectivity index is 1.88. The Bertz CT molecular complexity index is 370. The average molecular weight is 222 g/mol. The molecule has 16 heavy (non-hydrogen) atoms. The van der Waals surface area contributed by atoms with Crippen LogP contribution in [0.25, 0.3) is 0 Å². The van der Waals surface area contributed by atoms with Crippen molar-refractivity contribution >= 4 is 0 Å².